The Morgan fingerprint density at radius 2 is 0.420 bits per heavy atom. The minimum absolute atomic E-state index is 0.185. The number of carbonyl (C=O) groups excluding carboxylic acids is 2. The number of amides is 1. The van der Waals surface area contributed by atoms with Gasteiger partial charge in [0.2, 0.25) is 0 Å². The van der Waals surface area contributed by atoms with Crippen molar-refractivity contribution in [2.45, 2.75) is 13.8 Å². The van der Waals surface area contributed by atoms with Gasteiger partial charge < -0.3 is 38.1 Å². The fourth-order valence-electron chi connectivity index (χ4n) is 19.6. The molecule has 20 aromatic carbocycles. The Hall–Kier alpha value is -18.4. The maximum atomic E-state index is 12.2. The van der Waals surface area contributed by atoms with Crippen LogP contribution in [0.5, 0.6) is 5.75 Å². The molecule has 24 rings (SSSR count). The first-order valence-corrected chi connectivity index (χ1v) is 46.5. The zero-order valence-corrected chi connectivity index (χ0v) is 76.0. The second-order valence-electron chi connectivity index (χ2n) is 35.1. The third-order valence-corrected chi connectivity index (χ3v) is 26.4. The molecule has 4 heterocycles. The first kappa shape index (κ1) is 83.9. The number of ether oxygens (including phenoxy) is 1. The Kier molecular flexibility index (Phi) is 21.9. The van der Waals surface area contributed by atoms with Crippen molar-refractivity contribution in [3.05, 3.63) is 510 Å². The Morgan fingerprint density at radius 1 is 0.217 bits per heavy atom. The molecule has 138 heavy (non-hydrogen) atoms. The topological polar surface area (TPSA) is 81.6 Å². The van der Waals surface area contributed by atoms with E-state index in [1.807, 2.05) is 48.5 Å². The summed E-state index contributed by atoms with van der Waals surface area (Å²) in [5, 5.41) is 12.7. The van der Waals surface area contributed by atoms with Gasteiger partial charge in [-0.1, -0.05) is 280 Å². The molecule has 1 amide bonds. The SMILES string of the molecule is C=C(C)C(=O)Nc1ccc(-c2ccc(N(c3ccc(-c4ccc5c(c4)c4ccccc4n5-c4ccccc4)cc3)c3ccc(-c4ccc5c(c4)c4ccccc4n5-c4ccccc4)cc3)cc2)cc1.C=C(C)C(=O)Oc1ccc(-c2ccc(N(c3ccc(-c4ccc5c(c4)c4ccccc4n5-c4ccccc4)cc3)c3ccc(-c4ccc5c(c4)c4ccccc4n5-c4ccccc4)cc3)cc2)cc1. The Balaban J connectivity index is 0.000000155. The molecule has 0 radical (unpaired) electrons. The van der Waals surface area contributed by atoms with Crippen LogP contribution in [0.15, 0.2) is 510 Å². The second kappa shape index (κ2) is 36.0. The van der Waals surface area contributed by atoms with Crippen LogP contribution in [0.3, 0.4) is 0 Å². The number of benzene rings is 20. The van der Waals surface area contributed by atoms with E-state index >= 15 is 0 Å². The van der Waals surface area contributed by atoms with Crippen LogP contribution in [-0.4, -0.2) is 30.1 Å². The summed E-state index contributed by atoms with van der Waals surface area (Å²) >= 11 is 0. The van der Waals surface area contributed by atoms with Gasteiger partial charge in [-0.2, -0.15) is 0 Å². The highest BCUT2D eigenvalue weighted by atomic mass is 16.5. The lowest BCUT2D eigenvalue weighted by Gasteiger charge is -2.26. The highest BCUT2D eigenvalue weighted by Crippen LogP contribution is 2.46. The van der Waals surface area contributed by atoms with Crippen molar-refractivity contribution in [2.24, 2.45) is 0 Å². The molecule has 0 spiro atoms. The molecule has 0 saturated heterocycles. The van der Waals surface area contributed by atoms with Crippen LogP contribution in [-0.2, 0) is 9.59 Å². The van der Waals surface area contributed by atoms with Gasteiger partial charge in [0, 0.05) is 117 Å². The smallest absolute Gasteiger partial charge is 0.338 e. The fraction of sp³-hybridized carbons (Fsp3) is 0.0156. The number of anilines is 7. The lowest BCUT2D eigenvalue weighted by molar-refractivity contribution is -0.130. The molecule has 0 saturated carbocycles. The first-order valence-electron chi connectivity index (χ1n) is 46.5. The van der Waals surface area contributed by atoms with Gasteiger partial charge in [0.25, 0.3) is 5.91 Å². The van der Waals surface area contributed by atoms with Crippen LogP contribution < -0.4 is 19.9 Å². The van der Waals surface area contributed by atoms with E-state index in [2.05, 4.69) is 483 Å². The van der Waals surface area contributed by atoms with Crippen LogP contribution in [0.1, 0.15) is 13.8 Å². The summed E-state index contributed by atoms with van der Waals surface area (Å²) in [6.07, 6.45) is 0. The lowest BCUT2D eigenvalue weighted by atomic mass is 10.0. The molecule has 656 valence electrons. The zero-order chi connectivity index (χ0) is 92.9. The van der Waals surface area contributed by atoms with Gasteiger partial charge in [0.15, 0.2) is 0 Å². The molecule has 10 heteroatoms. The molecule has 0 aliphatic heterocycles. The number of nitrogens with one attached hydrogen (secondary N) is 1. The fourth-order valence-corrected chi connectivity index (χ4v) is 19.6. The number of carbonyl (C=O) groups is 2. The van der Waals surface area contributed by atoms with Gasteiger partial charge in [0.05, 0.1) is 44.1 Å². The first-order chi connectivity index (χ1) is 67.9. The van der Waals surface area contributed by atoms with Crippen molar-refractivity contribution in [3.63, 3.8) is 0 Å². The average molecular weight is 1780 g/mol. The average Bonchev–Trinajstić information content (AvgIpc) is 1.60. The van der Waals surface area contributed by atoms with Gasteiger partial charge in [-0.25, -0.2) is 4.79 Å². The number of para-hydroxylation sites is 8. The Labute approximate surface area is 799 Å². The maximum absolute atomic E-state index is 12.2. The molecule has 10 nitrogen and oxygen atoms in total. The molecule has 1 N–H and O–H groups in total. The van der Waals surface area contributed by atoms with Crippen LogP contribution in [0.4, 0.5) is 39.8 Å². The van der Waals surface area contributed by atoms with Crippen molar-refractivity contribution in [2.75, 3.05) is 15.1 Å². The molecule has 0 bridgehead atoms. The molecular weight excluding hydrogens is 1680 g/mol. The molecule has 0 atom stereocenters. The molecule has 0 fully saturated rings. The van der Waals surface area contributed by atoms with E-state index in [0.29, 0.717) is 16.9 Å². The molecule has 0 unspecified atom stereocenters. The van der Waals surface area contributed by atoms with Crippen LogP contribution in [0, 0.1) is 0 Å². The van der Waals surface area contributed by atoms with Gasteiger partial charge in [-0.05, 0) is 299 Å². The van der Waals surface area contributed by atoms with E-state index in [9.17, 15) is 9.59 Å². The minimum Gasteiger partial charge on any atom is -0.423 e. The van der Waals surface area contributed by atoms with E-state index in [1.54, 1.807) is 13.8 Å². The van der Waals surface area contributed by atoms with Crippen molar-refractivity contribution in [1.82, 2.24) is 18.3 Å². The highest BCUT2D eigenvalue weighted by molar-refractivity contribution is 6.15. The predicted octanol–water partition coefficient (Wildman–Crippen LogP) is 33.7. The van der Waals surface area contributed by atoms with E-state index in [1.165, 1.54) is 98.4 Å². The van der Waals surface area contributed by atoms with Gasteiger partial charge in [-0.3, -0.25) is 4.79 Å². The molecule has 0 aliphatic rings. The van der Waals surface area contributed by atoms with Crippen molar-refractivity contribution < 1.29 is 14.3 Å². The number of nitrogens with zero attached hydrogens (tertiary/aromatic N) is 6. The van der Waals surface area contributed by atoms with E-state index in [-0.39, 0.29) is 5.91 Å². The highest BCUT2D eigenvalue weighted by Gasteiger charge is 2.23. The number of fused-ring (bicyclic) bond motifs is 12. The quantitative estimate of drug-likeness (QED) is 0.0467. The third-order valence-electron chi connectivity index (χ3n) is 26.4. The maximum Gasteiger partial charge on any atom is 0.338 e. The van der Waals surface area contributed by atoms with Crippen LogP contribution >= 0.6 is 0 Å². The monoisotopic (exact) mass is 1770 g/mol. The number of hydrogen-bond donors (Lipinski definition) is 1. The molecule has 24 aromatic rings. The molecule has 4 aromatic heterocycles. The van der Waals surface area contributed by atoms with E-state index in [4.69, 9.17) is 4.74 Å². The summed E-state index contributed by atoms with van der Waals surface area (Å²) in [5.74, 6) is -0.136. The Morgan fingerprint density at radius 3 is 0.659 bits per heavy atom. The number of hydrogen-bond acceptors (Lipinski definition) is 5. The van der Waals surface area contributed by atoms with Gasteiger partial charge in [-0.15, -0.1) is 0 Å². The lowest BCUT2D eigenvalue weighted by Crippen LogP contribution is -2.11. The van der Waals surface area contributed by atoms with Gasteiger partial charge >= 0.3 is 5.97 Å². The zero-order valence-electron chi connectivity index (χ0n) is 76.0. The standard InChI is InChI=1S/C64H46N4O.C64H45N3O2/c1-43(2)64(69)65-50-31-21-44(22-32-50)45-23-33-53(34-24-45)66(54-35-25-46(26-36-54)48-29-39-62-58(41-48)56-17-9-11-19-60(56)67(62)51-13-5-3-6-14-51)55-37-27-47(28-38-55)49-30-40-63-59(42-49)57-18-10-12-20-61(57)68(63)52-15-7-4-8-16-52;1-43(2)64(68)69-55-37-27-45(28-38-55)44-21-31-52(32-22-44)65(53-33-23-46(24-34-53)48-29-39-62-58(41-48)56-17-9-11-19-60(56)66(62)50-13-5-3-6-14-50)54-35-25-47(26-36-54)49-30-40-63-59(42-49)57-18-10-12-20-61(57)67(63)51-15-7-4-8-16-51/h3-42H,1H2,2H3,(H,65,69);3-42H,1H2,2H3. The molecular formula is C128H91N7O3. The minimum atomic E-state index is -0.435. The van der Waals surface area contributed by atoms with Crippen molar-refractivity contribution >= 4 is 139 Å². The number of aromatic nitrogens is 4. The number of rotatable bonds is 20. The predicted molar refractivity (Wildman–Crippen MR) is 576 cm³/mol. The van der Waals surface area contributed by atoms with E-state index in [0.717, 1.165) is 118 Å². The van der Waals surface area contributed by atoms with Crippen LogP contribution in [0.2, 0.25) is 0 Å². The summed E-state index contributed by atoms with van der Waals surface area (Å²) in [5.41, 5.74) is 35.4. The summed E-state index contributed by atoms with van der Waals surface area (Å²) < 4.78 is 14.9. The summed E-state index contributed by atoms with van der Waals surface area (Å²) in [6, 6.07) is 173. The summed E-state index contributed by atoms with van der Waals surface area (Å²) in [7, 11) is 0. The van der Waals surface area contributed by atoms with Gasteiger partial charge in [0.1, 0.15) is 5.75 Å². The second-order valence-corrected chi connectivity index (χ2v) is 35.1. The summed E-state index contributed by atoms with van der Waals surface area (Å²) in [6.45, 7) is 10.8. The third kappa shape index (κ3) is 15.9. The number of esters is 1. The van der Waals surface area contributed by atoms with Crippen molar-refractivity contribution in [1.29, 1.82) is 0 Å². The Bertz CT molecular complexity index is 7850. The normalized spacial score (nSPS) is 11.4. The van der Waals surface area contributed by atoms with E-state index < -0.39 is 5.97 Å². The largest absolute Gasteiger partial charge is 0.423 e. The van der Waals surface area contributed by atoms with Crippen LogP contribution in [0.25, 0.3) is 177 Å². The molecule has 0 aliphatic carbocycles. The summed E-state index contributed by atoms with van der Waals surface area (Å²) in [4.78, 5) is 29.0. The van der Waals surface area contributed by atoms with Crippen molar-refractivity contribution in [3.8, 4) is 95.3 Å².